The van der Waals surface area contributed by atoms with Crippen molar-refractivity contribution in [1.82, 2.24) is 9.97 Å². The van der Waals surface area contributed by atoms with Crippen LogP contribution in [0.3, 0.4) is 0 Å². The molecular weight excluding hydrogens is 1050 g/mol. The second-order valence-corrected chi connectivity index (χ2v) is 25.8. The average Bonchev–Trinajstić information content (AvgIpc) is 4.43. The van der Waals surface area contributed by atoms with E-state index < -0.39 is 5.97 Å². The molecule has 3 aliphatic heterocycles. The van der Waals surface area contributed by atoms with Crippen molar-refractivity contribution in [3.63, 3.8) is 0 Å². The Bertz CT molecular complexity index is 4430. The van der Waals surface area contributed by atoms with Crippen LogP contribution in [0.1, 0.15) is 160 Å². The molecule has 0 atom stereocenters. The van der Waals surface area contributed by atoms with Gasteiger partial charge in [-0.3, -0.25) is 4.79 Å². The first-order valence-electron chi connectivity index (χ1n) is 28.0. The van der Waals surface area contributed by atoms with E-state index in [1.165, 1.54) is 11.1 Å². The molecule has 0 spiro atoms. The molecule has 0 N–H and O–H groups in total. The summed E-state index contributed by atoms with van der Waals surface area (Å²) in [7, 11) is 0. The Kier molecular flexibility index (Phi) is 13.9. The van der Waals surface area contributed by atoms with Crippen LogP contribution in [0.25, 0.3) is 44.5 Å². The third-order valence-corrected chi connectivity index (χ3v) is 16.0. The second-order valence-electron chi connectivity index (χ2n) is 25.8. The van der Waals surface area contributed by atoms with Gasteiger partial charge in [0.15, 0.2) is 11.5 Å². The van der Waals surface area contributed by atoms with Gasteiger partial charge in [-0.2, -0.15) is 0 Å². The van der Waals surface area contributed by atoms with Crippen LogP contribution in [0.5, 0.6) is 0 Å². The Labute approximate surface area is 490 Å². The molecule has 8 bridgehead atoms. The number of carbonyl (C=O) groups excluding carboxylic acids is 2. The second kappa shape index (κ2) is 20.5. The normalized spacial score (nSPS) is 14.1. The summed E-state index contributed by atoms with van der Waals surface area (Å²) in [6.45, 7) is 26.4. The predicted molar refractivity (Wildman–Crippen MR) is 329 cm³/mol. The van der Waals surface area contributed by atoms with Gasteiger partial charge in [0.1, 0.15) is 0 Å². The van der Waals surface area contributed by atoms with Crippen molar-refractivity contribution in [3.05, 3.63) is 276 Å². The molecule has 2 aromatic heterocycles. The molecule has 0 saturated heterocycles. The number of ketones is 1. The van der Waals surface area contributed by atoms with E-state index in [1.807, 2.05) is 72.8 Å². The van der Waals surface area contributed by atoms with Crippen LogP contribution in [0.4, 0.5) is 0 Å². The first kappa shape index (κ1) is 55.5. The van der Waals surface area contributed by atoms with Crippen molar-refractivity contribution in [1.29, 1.82) is 0 Å². The summed E-state index contributed by atoms with van der Waals surface area (Å²) in [6.07, 6.45) is 4.11. The van der Waals surface area contributed by atoms with Crippen LogP contribution in [0, 0.1) is 10.6 Å². The van der Waals surface area contributed by atoms with E-state index >= 15 is 4.79 Å². The fourth-order valence-electron chi connectivity index (χ4n) is 11.3. The minimum absolute atomic E-state index is 0. The minimum Gasteiger partial charge on any atom is -0.657 e. The summed E-state index contributed by atoms with van der Waals surface area (Å²) in [6, 6.07) is 57.1. The average molecular weight is 1120 g/mol. The molecular formula is C74H66N4NiO3. The fraction of sp³-hybridized carbons (Fsp3) is 0.216. The quantitative estimate of drug-likeness (QED) is 0.0900. The Morgan fingerprint density at radius 3 is 1.59 bits per heavy atom. The van der Waals surface area contributed by atoms with Crippen molar-refractivity contribution in [2.45, 2.75) is 105 Å². The standard InChI is InChI=1S/C74H67N4O3.Ni/c1-71(2,3)48-29-23-44(24-30-48)61-55-37-38-57(75-55)62(45-25-31-49(32-26-45)72(4,5)6)59-42-54(68(79)46-27-33-50(34-28-46)73(7,8)9)65(77-59)67-69(81-70(80)47-21-17-14-18-22-47)64-60(43-19-15-13-16-20-43)53-41-51(74(10,11)12)35-36-52(53)63(66(64)78-67)58-40-39-56(61)76-58;/h13-42H,1-12H3,(H-,75,76,77,78,79);/q-1;+2/p-1. The van der Waals surface area contributed by atoms with Gasteiger partial charge in [-0.15, -0.1) is 16.4 Å². The number of aliphatic imine (C=N–C) groups is 1. The maximum atomic E-state index is 15.8. The number of hydrogen-bond acceptors (Lipinski definition) is 5. The topological polar surface area (TPSA) is 96.3 Å². The van der Waals surface area contributed by atoms with Crippen molar-refractivity contribution < 1.29 is 30.8 Å². The number of nitrogens with zero attached hydrogens (tertiary/aromatic N) is 4. The van der Waals surface area contributed by atoms with Gasteiger partial charge in [-0.25, -0.2) is 14.8 Å². The molecule has 0 amide bonds. The maximum Gasteiger partial charge on any atom is 2.00 e. The first-order valence-corrected chi connectivity index (χ1v) is 28.0. The number of allylic oxidation sites excluding steroid dienone is 2. The molecule has 3 aliphatic rings. The summed E-state index contributed by atoms with van der Waals surface area (Å²) < 4.78 is 6.93. The van der Waals surface area contributed by atoms with E-state index in [4.69, 9.17) is 24.7 Å². The number of aromatic nitrogens is 2. The third kappa shape index (κ3) is 10.0. The fourth-order valence-corrected chi connectivity index (χ4v) is 11.3. The molecule has 82 heavy (non-hydrogen) atoms. The van der Waals surface area contributed by atoms with E-state index in [-0.39, 0.29) is 61.1 Å². The van der Waals surface area contributed by atoms with E-state index in [0.717, 1.165) is 71.6 Å². The number of rotatable bonds is 7. The van der Waals surface area contributed by atoms with Crippen LogP contribution >= 0.6 is 0 Å². The molecule has 5 heterocycles. The maximum absolute atomic E-state index is 15.8. The molecule has 9 aromatic rings. The zero-order chi connectivity index (χ0) is 56.9. The summed E-state index contributed by atoms with van der Waals surface area (Å²) >= 11 is 0. The smallest absolute Gasteiger partial charge is 0.657 e. The zero-order valence-corrected chi connectivity index (χ0v) is 49.6. The molecule has 7 nitrogen and oxygen atoms in total. The number of carbonyl (C=O) groups is 2. The number of fused-ring (bicyclic) bond motifs is 9. The number of esters is 1. The Morgan fingerprint density at radius 1 is 0.463 bits per heavy atom. The van der Waals surface area contributed by atoms with E-state index in [1.54, 1.807) is 12.1 Å². The number of hydrogen-bond donors (Lipinski definition) is 0. The largest absolute Gasteiger partial charge is 2.00 e. The van der Waals surface area contributed by atoms with E-state index in [2.05, 4.69) is 180 Å². The Balaban J connectivity index is 0.00000705. The molecule has 410 valence electrons. The van der Waals surface area contributed by atoms with Crippen LogP contribution in [0.2, 0.25) is 0 Å². The summed E-state index contributed by atoms with van der Waals surface area (Å²) in [5, 5.41) is 4.58. The molecule has 12 rings (SSSR count). The van der Waals surface area contributed by atoms with Crippen LogP contribution in [-0.2, 0) is 42.9 Å². The summed E-state index contributed by atoms with van der Waals surface area (Å²) in [5.41, 5.74) is 13.4. The third-order valence-electron chi connectivity index (χ3n) is 16.0. The van der Waals surface area contributed by atoms with E-state index in [0.29, 0.717) is 44.4 Å². The van der Waals surface area contributed by atoms with Crippen LogP contribution in [0.15, 0.2) is 198 Å². The van der Waals surface area contributed by atoms with Crippen molar-refractivity contribution in [2.75, 3.05) is 0 Å². The molecule has 8 heteroatoms. The van der Waals surface area contributed by atoms with Crippen LogP contribution < -0.4 is 20.7 Å². The monoisotopic (exact) mass is 1120 g/mol. The van der Waals surface area contributed by atoms with Crippen LogP contribution in [-0.4, -0.2) is 17.5 Å². The molecule has 0 unspecified atom stereocenters. The van der Waals surface area contributed by atoms with Gasteiger partial charge in [-0.1, -0.05) is 240 Å². The molecule has 0 fully saturated rings. The van der Waals surface area contributed by atoms with Gasteiger partial charge < -0.3 is 14.7 Å². The SMILES string of the molecule is CC(C)(C)c1ccc(C(=O)c2cc3[n-]c2C2=C(OC(=O)c4ccccc4)c4c(-c5ccccc5)c5cc(C(C)(C)C)ccc5c(c4=N2)=c2ccc([n-]2)=C(c2ccc(C(C)(C)C)cc2)C2=NC(=C3c3ccc(C(C)(C)C)cc3)C=C2)cc1.[Ni+2]. The predicted octanol–water partition coefficient (Wildman–Crippen LogP) is 15.4. The molecule has 0 aliphatic carbocycles. The zero-order valence-electron chi connectivity index (χ0n) is 48.7. The van der Waals surface area contributed by atoms with E-state index in [9.17, 15) is 4.79 Å². The molecule has 0 saturated carbocycles. The summed E-state index contributed by atoms with van der Waals surface area (Å²) in [4.78, 5) is 53.3. The van der Waals surface area contributed by atoms with Crippen molar-refractivity contribution in [3.8, 4) is 11.1 Å². The number of benzene rings is 7. The van der Waals surface area contributed by atoms with Gasteiger partial charge in [0.25, 0.3) is 0 Å². The number of ether oxygens (including phenoxy) is 1. The Morgan fingerprint density at radius 2 is 1.00 bits per heavy atom. The van der Waals surface area contributed by atoms with Crippen molar-refractivity contribution >= 4 is 50.8 Å². The minimum atomic E-state index is -0.577. The van der Waals surface area contributed by atoms with Gasteiger partial charge in [0.2, 0.25) is 0 Å². The van der Waals surface area contributed by atoms with Gasteiger partial charge >= 0.3 is 22.5 Å². The Hall–Kier alpha value is -8.45. The van der Waals surface area contributed by atoms with Crippen molar-refractivity contribution in [2.24, 2.45) is 9.98 Å². The summed E-state index contributed by atoms with van der Waals surface area (Å²) in [5.74, 6) is -0.637. The van der Waals surface area contributed by atoms with Gasteiger partial charge in [0, 0.05) is 16.7 Å². The van der Waals surface area contributed by atoms with Gasteiger partial charge in [-0.05, 0) is 118 Å². The first-order chi connectivity index (χ1) is 38.5. The molecule has 0 radical (unpaired) electrons. The van der Waals surface area contributed by atoms with Gasteiger partial charge in [0.05, 0.1) is 33.6 Å². The molecule has 7 aromatic carbocycles.